The molecule has 2 aromatic rings. The summed E-state index contributed by atoms with van der Waals surface area (Å²) in [6, 6.07) is 16.0. The molecular formula is C20H24FN3OS. The number of rotatable bonds is 7. The maximum atomic E-state index is 13.2. The van der Waals surface area contributed by atoms with Crippen LogP contribution in [-0.2, 0) is 4.79 Å². The summed E-state index contributed by atoms with van der Waals surface area (Å²) in [5.74, 6) is -0.285. The summed E-state index contributed by atoms with van der Waals surface area (Å²) in [6.45, 7) is 5.52. The van der Waals surface area contributed by atoms with Crippen LogP contribution >= 0.6 is 11.8 Å². The third-order valence-corrected chi connectivity index (χ3v) is 5.61. The van der Waals surface area contributed by atoms with Gasteiger partial charge in [-0.1, -0.05) is 30.3 Å². The fourth-order valence-electron chi connectivity index (χ4n) is 2.91. The van der Waals surface area contributed by atoms with Crippen molar-refractivity contribution in [2.24, 2.45) is 0 Å². The van der Waals surface area contributed by atoms with Crippen LogP contribution in [0.5, 0.6) is 0 Å². The molecule has 2 N–H and O–H groups in total. The molecule has 1 atom stereocenters. The highest BCUT2D eigenvalue weighted by Gasteiger charge is 2.22. The lowest BCUT2D eigenvalue weighted by Crippen LogP contribution is -2.46. The number of piperazine rings is 1. The SMILES string of the molecule is O=C(NCCN1CCNCC1)C(Sc1ccc(F)cc1)c1ccccc1. The summed E-state index contributed by atoms with van der Waals surface area (Å²) < 4.78 is 13.2. The first-order valence-electron chi connectivity index (χ1n) is 8.90. The molecule has 1 saturated heterocycles. The zero-order valence-electron chi connectivity index (χ0n) is 14.7. The molecule has 2 aromatic carbocycles. The van der Waals surface area contributed by atoms with Crippen LogP contribution in [0.3, 0.4) is 0 Å². The van der Waals surface area contributed by atoms with Gasteiger partial charge in [0.05, 0.1) is 0 Å². The molecule has 0 radical (unpaired) electrons. The van der Waals surface area contributed by atoms with Crippen molar-refractivity contribution in [2.45, 2.75) is 10.1 Å². The van der Waals surface area contributed by atoms with Crippen molar-refractivity contribution in [1.29, 1.82) is 0 Å². The molecule has 0 saturated carbocycles. The molecule has 3 rings (SSSR count). The molecule has 1 unspecified atom stereocenters. The number of benzene rings is 2. The fraction of sp³-hybridized carbons (Fsp3) is 0.350. The standard InChI is InChI=1S/C20H24FN3OS/c21-17-6-8-18(9-7-17)26-19(16-4-2-1-3-5-16)20(25)23-12-15-24-13-10-22-11-14-24/h1-9,19,22H,10-15H2,(H,23,25). The van der Waals surface area contributed by atoms with Gasteiger partial charge in [-0.05, 0) is 29.8 Å². The molecule has 1 fully saturated rings. The maximum absolute atomic E-state index is 13.2. The lowest BCUT2D eigenvalue weighted by molar-refractivity contribution is -0.120. The van der Waals surface area contributed by atoms with Gasteiger partial charge in [0.1, 0.15) is 11.1 Å². The van der Waals surface area contributed by atoms with E-state index in [-0.39, 0.29) is 17.0 Å². The van der Waals surface area contributed by atoms with Crippen LogP contribution in [0.2, 0.25) is 0 Å². The summed E-state index contributed by atoms with van der Waals surface area (Å²) in [5, 5.41) is 6.03. The predicted molar refractivity (Wildman–Crippen MR) is 104 cm³/mol. The van der Waals surface area contributed by atoms with Crippen LogP contribution in [0.1, 0.15) is 10.8 Å². The molecule has 1 heterocycles. The Hall–Kier alpha value is -1.89. The van der Waals surface area contributed by atoms with Gasteiger partial charge in [-0.3, -0.25) is 9.69 Å². The topological polar surface area (TPSA) is 44.4 Å². The van der Waals surface area contributed by atoms with Crippen molar-refractivity contribution in [3.8, 4) is 0 Å². The smallest absolute Gasteiger partial charge is 0.238 e. The van der Waals surface area contributed by atoms with E-state index in [0.29, 0.717) is 6.54 Å². The molecule has 0 spiro atoms. The lowest BCUT2D eigenvalue weighted by Gasteiger charge is -2.27. The molecule has 26 heavy (non-hydrogen) atoms. The number of carbonyl (C=O) groups excluding carboxylic acids is 1. The van der Waals surface area contributed by atoms with E-state index < -0.39 is 0 Å². The molecule has 1 aliphatic heterocycles. The molecule has 6 heteroatoms. The number of hydrogen-bond donors (Lipinski definition) is 2. The fourth-order valence-corrected chi connectivity index (χ4v) is 3.96. The first kappa shape index (κ1) is 18.9. The van der Waals surface area contributed by atoms with Crippen LogP contribution in [0.15, 0.2) is 59.5 Å². The zero-order chi connectivity index (χ0) is 18.2. The van der Waals surface area contributed by atoms with Gasteiger partial charge in [-0.25, -0.2) is 4.39 Å². The second-order valence-electron chi connectivity index (χ2n) is 6.25. The normalized spacial score (nSPS) is 16.2. The number of halogens is 1. The van der Waals surface area contributed by atoms with E-state index in [1.807, 2.05) is 30.3 Å². The van der Waals surface area contributed by atoms with Gasteiger partial charge in [0, 0.05) is 44.2 Å². The van der Waals surface area contributed by atoms with Crippen LogP contribution in [-0.4, -0.2) is 50.1 Å². The summed E-state index contributed by atoms with van der Waals surface area (Å²) in [5.41, 5.74) is 0.946. The Labute approximate surface area is 158 Å². The number of nitrogens with zero attached hydrogens (tertiary/aromatic N) is 1. The molecular weight excluding hydrogens is 349 g/mol. The van der Waals surface area contributed by atoms with E-state index in [0.717, 1.165) is 43.2 Å². The van der Waals surface area contributed by atoms with Gasteiger partial charge >= 0.3 is 0 Å². The van der Waals surface area contributed by atoms with E-state index in [9.17, 15) is 9.18 Å². The van der Waals surface area contributed by atoms with Crippen molar-refractivity contribution >= 4 is 17.7 Å². The van der Waals surface area contributed by atoms with Crippen molar-refractivity contribution in [3.05, 3.63) is 66.0 Å². The van der Waals surface area contributed by atoms with Crippen molar-refractivity contribution in [3.63, 3.8) is 0 Å². The van der Waals surface area contributed by atoms with Crippen LogP contribution in [0.4, 0.5) is 4.39 Å². The third-order valence-electron chi connectivity index (χ3n) is 4.34. The summed E-state index contributed by atoms with van der Waals surface area (Å²) in [7, 11) is 0. The lowest BCUT2D eigenvalue weighted by atomic mass is 10.1. The number of amides is 1. The Kier molecular flexibility index (Phi) is 7.05. The van der Waals surface area contributed by atoms with E-state index in [1.54, 1.807) is 12.1 Å². The number of thioether (sulfide) groups is 1. The van der Waals surface area contributed by atoms with E-state index >= 15 is 0 Å². The first-order chi connectivity index (χ1) is 12.7. The van der Waals surface area contributed by atoms with Gasteiger partial charge in [-0.2, -0.15) is 0 Å². The van der Waals surface area contributed by atoms with Gasteiger partial charge in [0.2, 0.25) is 5.91 Å². The number of hydrogen-bond acceptors (Lipinski definition) is 4. The van der Waals surface area contributed by atoms with E-state index in [4.69, 9.17) is 0 Å². The van der Waals surface area contributed by atoms with Gasteiger partial charge in [-0.15, -0.1) is 11.8 Å². The number of carbonyl (C=O) groups is 1. The quantitative estimate of drug-likeness (QED) is 0.733. The second-order valence-corrected chi connectivity index (χ2v) is 7.42. The highest BCUT2D eigenvalue weighted by Crippen LogP contribution is 2.35. The summed E-state index contributed by atoms with van der Waals surface area (Å²) >= 11 is 1.44. The predicted octanol–water partition coefficient (Wildman–Crippen LogP) is 2.68. The monoisotopic (exact) mass is 373 g/mol. The molecule has 4 nitrogen and oxygen atoms in total. The Morgan fingerprint density at radius 2 is 1.81 bits per heavy atom. The van der Waals surface area contributed by atoms with Crippen LogP contribution in [0, 0.1) is 5.82 Å². The van der Waals surface area contributed by atoms with E-state index in [1.165, 1.54) is 23.9 Å². The maximum Gasteiger partial charge on any atom is 0.238 e. The van der Waals surface area contributed by atoms with E-state index in [2.05, 4.69) is 15.5 Å². The molecule has 1 amide bonds. The highest BCUT2D eigenvalue weighted by molar-refractivity contribution is 8.00. The Bertz CT molecular complexity index is 690. The summed E-state index contributed by atoms with van der Waals surface area (Å²) in [6.07, 6.45) is 0. The Balaban J connectivity index is 1.62. The Morgan fingerprint density at radius 3 is 2.50 bits per heavy atom. The molecule has 1 aliphatic rings. The van der Waals surface area contributed by atoms with Crippen LogP contribution in [0.25, 0.3) is 0 Å². The summed E-state index contributed by atoms with van der Waals surface area (Å²) in [4.78, 5) is 16.0. The van der Waals surface area contributed by atoms with Gasteiger partial charge in [0.25, 0.3) is 0 Å². The van der Waals surface area contributed by atoms with Gasteiger partial charge in [0.15, 0.2) is 0 Å². The van der Waals surface area contributed by atoms with Crippen molar-refractivity contribution in [1.82, 2.24) is 15.5 Å². The minimum atomic E-state index is -0.357. The molecule has 0 aliphatic carbocycles. The van der Waals surface area contributed by atoms with Crippen molar-refractivity contribution < 1.29 is 9.18 Å². The molecule has 138 valence electrons. The molecule has 0 aromatic heterocycles. The third kappa shape index (κ3) is 5.56. The van der Waals surface area contributed by atoms with Gasteiger partial charge < -0.3 is 10.6 Å². The average Bonchev–Trinajstić information content (AvgIpc) is 2.69. The Morgan fingerprint density at radius 1 is 1.12 bits per heavy atom. The van der Waals surface area contributed by atoms with Crippen molar-refractivity contribution in [2.75, 3.05) is 39.3 Å². The van der Waals surface area contributed by atoms with Crippen LogP contribution < -0.4 is 10.6 Å². The largest absolute Gasteiger partial charge is 0.354 e. The number of nitrogens with one attached hydrogen (secondary N) is 2. The zero-order valence-corrected chi connectivity index (χ0v) is 15.5. The first-order valence-corrected chi connectivity index (χ1v) is 9.78. The molecule has 0 bridgehead atoms. The minimum absolute atomic E-state index is 0.0133. The minimum Gasteiger partial charge on any atom is -0.354 e. The highest BCUT2D eigenvalue weighted by atomic mass is 32.2. The average molecular weight is 373 g/mol. The second kappa shape index (κ2) is 9.71.